The van der Waals surface area contributed by atoms with Crippen molar-refractivity contribution in [2.45, 2.75) is 44.6 Å². The van der Waals surface area contributed by atoms with Gasteiger partial charge in [0, 0.05) is 12.5 Å². The Morgan fingerprint density at radius 2 is 2.20 bits per heavy atom. The molecule has 2 atom stereocenters. The number of carbonyl (C=O) groups is 1. The van der Waals surface area contributed by atoms with Gasteiger partial charge in [0.1, 0.15) is 6.10 Å². The number of nitrogens with one attached hydrogen (secondary N) is 1. The third-order valence-corrected chi connectivity index (χ3v) is 5.15. The lowest BCUT2D eigenvalue weighted by molar-refractivity contribution is -0.140. The monoisotopic (exact) mass is 340 g/mol. The summed E-state index contributed by atoms with van der Waals surface area (Å²) in [5, 5.41) is 7.23. The smallest absolute Gasteiger partial charge is 0.230 e. The van der Waals surface area contributed by atoms with E-state index in [9.17, 15) is 4.79 Å². The molecule has 2 aliphatic rings. The topological polar surface area (TPSA) is 71.1 Å². The van der Waals surface area contributed by atoms with Gasteiger partial charge < -0.3 is 9.64 Å². The first kappa shape index (κ1) is 16.3. The van der Waals surface area contributed by atoms with Gasteiger partial charge in [-0.3, -0.25) is 9.89 Å². The number of amides is 1. The number of aromatic nitrogens is 3. The first-order valence-corrected chi connectivity index (χ1v) is 9.04. The molecule has 1 N–H and O–H groups in total. The van der Waals surface area contributed by atoms with Crippen LogP contribution in [-0.2, 0) is 16.0 Å². The highest BCUT2D eigenvalue weighted by Gasteiger charge is 2.35. The van der Waals surface area contributed by atoms with Gasteiger partial charge in [-0.15, -0.1) is 0 Å². The molecule has 1 amide bonds. The molecule has 0 radical (unpaired) electrons. The van der Waals surface area contributed by atoms with Gasteiger partial charge in [-0.05, 0) is 24.0 Å². The van der Waals surface area contributed by atoms with E-state index in [4.69, 9.17) is 4.74 Å². The molecular formula is C19H24N4O2. The van der Waals surface area contributed by atoms with Crippen LogP contribution in [0.5, 0.6) is 0 Å². The number of aromatic amines is 1. The average molecular weight is 340 g/mol. The average Bonchev–Trinajstić information content (AvgIpc) is 3.28. The fourth-order valence-corrected chi connectivity index (χ4v) is 3.74. The summed E-state index contributed by atoms with van der Waals surface area (Å²) in [7, 11) is 0. The van der Waals surface area contributed by atoms with Crippen LogP contribution >= 0.6 is 0 Å². The van der Waals surface area contributed by atoms with Crippen molar-refractivity contribution in [3.05, 3.63) is 47.0 Å². The number of fused-ring (bicyclic) bond motifs is 1. The third-order valence-electron chi connectivity index (χ3n) is 5.15. The predicted octanol–water partition coefficient (Wildman–Crippen LogP) is 2.56. The van der Waals surface area contributed by atoms with Crippen molar-refractivity contribution < 1.29 is 9.53 Å². The number of ether oxygens (including phenoxy) is 1. The first-order valence-electron chi connectivity index (χ1n) is 9.04. The summed E-state index contributed by atoms with van der Waals surface area (Å²) < 4.78 is 5.84. The van der Waals surface area contributed by atoms with Crippen molar-refractivity contribution in [1.82, 2.24) is 20.1 Å². The molecule has 1 saturated heterocycles. The van der Waals surface area contributed by atoms with Gasteiger partial charge in [0.25, 0.3) is 0 Å². The van der Waals surface area contributed by atoms with Gasteiger partial charge in [-0.2, -0.15) is 5.10 Å². The Kier molecular flexibility index (Phi) is 4.29. The Hall–Kier alpha value is -2.21. The van der Waals surface area contributed by atoms with Crippen LogP contribution in [0.3, 0.4) is 0 Å². The highest BCUT2D eigenvalue weighted by Crippen LogP contribution is 2.35. The van der Waals surface area contributed by atoms with E-state index in [2.05, 4.69) is 41.2 Å². The number of morpholine rings is 1. The van der Waals surface area contributed by atoms with Crippen LogP contribution in [0.25, 0.3) is 0 Å². The summed E-state index contributed by atoms with van der Waals surface area (Å²) in [5.41, 5.74) is 2.50. The largest absolute Gasteiger partial charge is 0.367 e. The molecule has 1 aliphatic carbocycles. The van der Waals surface area contributed by atoms with Crippen molar-refractivity contribution in [2.75, 3.05) is 19.7 Å². The first-order chi connectivity index (χ1) is 12.1. The van der Waals surface area contributed by atoms with Crippen LogP contribution in [0.2, 0.25) is 0 Å². The zero-order valence-corrected chi connectivity index (χ0v) is 14.7. The second-order valence-corrected chi connectivity index (χ2v) is 7.17. The molecule has 0 unspecified atom stereocenters. The molecular weight excluding hydrogens is 316 g/mol. The Morgan fingerprint density at radius 3 is 3.00 bits per heavy atom. The molecule has 0 spiro atoms. The van der Waals surface area contributed by atoms with E-state index >= 15 is 0 Å². The highest BCUT2D eigenvalue weighted by molar-refractivity contribution is 5.85. The Balaban J connectivity index is 1.48. The third kappa shape index (κ3) is 3.06. The van der Waals surface area contributed by atoms with E-state index in [1.807, 2.05) is 17.0 Å². The van der Waals surface area contributed by atoms with Gasteiger partial charge in [-0.25, -0.2) is 4.98 Å². The number of aryl methyl sites for hydroxylation is 1. The number of hydrogen-bond donors (Lipinski definition) is 1. The minimum Gasteiger partial charge on any atom is -0.367 e. The number of rotatable bonds is 3. The molecule has 25 heavy (non-hydrogen) atoms. The molecule has 2 heterocycles. The lowest BCUT2D eigenvalue weighted by Gasteiger charge is -2.33. The van der Waals surface area contributed by atoms with Crippen LogP contribution in [0, 0.1) is 0 Å². The number of hydrogen-bond acceptors (Lipinski definition) is 4. The SMILES string of the molecule is CC(C)c1n[nH]c([C@@H]2CN(C(=O)[C@H]3CCc4ccccc43)CCO2)n1. The Morgan fingerprint density at radius 1 is 1.36 bits per heavy atom. The van der Waals surface area contributed by atoms with Gasteiger partial charge in [-0.1, -0.05) is 38.1 Å². The van der Waals surface area contributed by atoms with Crippen LogP contribution < -0.4 is 0 Å². The lowest BCUT2D eigenvalue weighted by atomic mass is 9.99. The second kappa shape index (κ2) is 6.59. The van der Waals surface area contributed by atoms with Crippen LogP contribution in [0.1, 0.15) is 61.0 Å². The summed E-state index contributed by atoms with van der Waals surface area (Å²) >= 11 is 0. The van der Waals surface area contributed by atoms with Crippen molar-refractivity contribution >= 4 is 5.91 Å². The van der Waals surface area contributed by atoms with Crippen LogP contribution in [0.15, 0.2) is 24.3 Å². The highest BCUT2D eigenvalue weighted by atomic mass is 16.5. The number of H-pyrrole nitrogens is 1. The van der Waals surface area contributed by atoms with E-state index in [0.29, 0.717) is 25.5 Å². The molecule has 6 heteroatoms. The number of benzene rings is 1. The van der Waals surface area contributed by atoms with Crippen LogP contribution in [-0.4, -0.2) is 45.7 Å². The summed E-state index contributed by atoms with van der Waals surface area (Å²) in [6.45, 7) is 5.82. The molecule has 1 aliphatic heterocycles. The van der Waals surface area contributed by atoms with E-state index in [1.165, 1.54) is 11.1 Å². The van der Waals surface area contributed by atoms with E-state index in [-0.39, 0.29) is 23.8 Å². The molecule has 1 aromatic heterocycles. The fraction of sp³-hybridized carbons (Fsp3) is 0.526. The van der Waals surface area contributed by atoms with E-state index in [1.54, 1.807) is 0 Å². The maximum atomic E-state index is 13.1. The van der Waals surface area contributed by atoms with Crippen molar-refractivity contribution in [2.24, 2.45) is 0 Å². The summed E-state index contributed by atoms with van der Waals surface area (Å²) in [5.74, 6) is 1.96. The van der Waals surface area contributed by atoms with Gasteiger partial charge in [0.15, 0.2) is 11.6 Å². The number of nitrogens with zero attached hydrogens (tertiary/aromatic N) is 3. The summed E-state index contributed by atoms with van der Waals surface area (Å²) in [6.07, 6.45) is 1.66. The minimum atomic E-state index is -0.227. The molecule has 0 bridgehead atoms. The normalized spacial score (nSPS) is 23.1. The predicted molar refractivity (Wildman–Crippen MR) is 93.2 cm³/mol. The van der Waals surface area contributed by atoms with E-state index < -0.39 is 0 Å². The zero-order valence-electron chi connectivity index (χ0n) is 14.7. The molecule has 2 aromatic rings. The molecule has 1 fully saturated rings. The Bertz CT molecular complexity index is 770. The van der Waals surface area contributed by atoms with Gasteiger partial charge in [0.2, 0.25) is 5.91 Å². The molecule has 6 nitrogen and oxygen atoms in total. The maximum Gasteiger partial charge on any atom is 0.230 e. The zero-order chi connectivity index (χ0) is 17.4. The number of carbonyl (C=O) groups excluding carboxylic acids is 1. The fourth-order valence-electron chi connectivity index (χ4n) is 3.74. The van der Waals surface area contributed by atoms with Crippen LogP contribution in [0.4, 0.5) is 0 Å². The minimum absolute atomic E-state index is 0.0177. The molecule has 1 aromatic carbocycles. The Labute approximate surface area is 147 Å². The second-order valence-electron chi connectivity index (χ2n) is 7.17. The molecule has 4 rings (SSSR count). The van der Waals surface area contributed by atoms with Crippen molar-refractivity contribution in [3.63, 3.8) is 0 Å². The quantitative estimate of drug-likeness (QED) is 0.932. The standard InChI is InChI=1S/C19H24N4O2/c1-12(2)17-20-18(22-21-17)16-11-23(9-10-25-16)19(24)15-8-7-13-5-3-4-6-14(13)15/h3-6,12,15-16H,7-11H2,1-2H3,(H,20,21,22)/t15-,16-/m0/s1. The maximum absolute atomic E-state index is 13.1. The molecule has 0 saturated carbocycles. The van der Waals surface area contributed by atoms with Crippen molar-refractivity contribution in [3.8, 4) is 0 Å². The van der Waals surface area contributed by atoms with Gasteiger partial charge >= 0.3 is 0 Å². The summed E-state index contributed by atoms with van der Waals surface area (Å²) in [4.78, 5) is 19.5. The van der Waals surface area contributed by atoms with E-state index in [0.717, 1.165) is 18.7 Å². The lowest BCUT2D eigenvalue weighted by Crippen LogP contribution is -2.44. The van der Waals surface area contributed by atoms with Gasteiger partial charge in [0.05, 0.1) is 19.1 Å². The van der Waals surface area contributed by atoms with Crippen molar-refractivity contribution in [1.29, 1.82) is 0 Å². The summed E-state index contributed by atoms with van der Waals surface area (Å²) in [6, 6.07) is 8.29. The molecule has 132 valence electrons.